The van der Waals surface area contributed by atoms with Crippen LogP contribution in [0.4, 0.5) is 5.82 Å². The van der Waals surface area contributed by atoms with E-state index in [1.807, 2.05) is 31.1 Å². The molecule has 0 bridgehead atoms. The summed E-state index contributed by atoms with van der Waals surface area (Å²) in [7, 11) is 3.96. The van der Waals surface area contributed by atoms with Gasteiger partial charge in [-0.25, -0.2) is 9.97 Å². The maximum absolute atomic E-state index is 5.53. The number of hydrogen-bond donors (Lipinski definition) is 2. The van der Waals surface area contributed by atoms with Crippen molar-refractivity contribution in [3.8, 4) is 0 Å². The van der Waals surface area contributed by atoms with Gasteiger partial charge in [-0.3, -0.25) is 0 Å². The summed E-state index contributed by atoms with van der Waals surface area (Å²) in [4.78, 5) is 14.4. The van der Waals surface area contributed by atoms with Crippen molar-refractivity contribution < 1.29 is 0 Å². The van der Waals surface area contributed by atoms with Crippen LogP contribution in [0.5, 0.6) is 0 Å². The normalized spacial score (nSPS) is 12.9. The highest BCUT2D eigenvalue weighted by molar-refractivity contribution is 5.73. The predicted molar refractivity (Wildman–Crippen MR) is 74.9 cm³/mol. The Balaban J connectivity index is 2.26. The van der Waals surface area contributed by atoms with Gasteiger partial charge < -0.3 is 15.6 Å². The average molecular weight is 247 g/mol. The van der Waals surface area contributed by atoms with E-state index in [2.05, 4.69) is 21.9 Å². The Morgan fingerprint density at radius 1 is 1.33 bits per heavy atom. The standard InChI is InChI=1S/C13H21N5/c1-9(5-4-8-14)12-15-10-6-7-11(18(2)3)16-13(10)17-12/h6-7,9H,4-5,8,14H2,1-3H3,(H,15,16,17). The SMILES string of the molecule is CC(CCCN)c1nc2nc(N(C)C)ccc2[nH]1. The third-order valence-corrected chi connectivity index (χ3v) is 3.12. The second-order valence-electron chi connectivity index (χ2n) is 4.89. The molecule has 0 aromatic carbocycles. The van der Waals surface area contributed by atoms with Gasteiger partial charge in [-0.05, 0) is 31.5 Å². The van der Waals surface area contributed by atoms with Gasteiger partial charge in [0.15, 0.2) is 5.65 Å². The van der Waals surface area contributed by atoms with Gasteiger partial charge in [0.05, 0.1) is 5.52 Å². The molecule has 1 atom stereocenters. The molecule has 0 aliphatic heterocycles. The van der Waals surface area contributed by atoms with Crippen LogP contribution in [-0.4, -0.2) is 35.6 Å². The molecule has 0 amide bonds. The summed E-state index contributed by atoms with van der Waals surface area (Å²) in [5.74, 6) is 2.32. The topological polar surface area (TPSA) is 70.8 Å². The monoisotopic (exact) mass is 247 g/mol. The summed E-state index contributed by atoms with van der Waals surface area (Å²) in [5.41, 5.74) is 7.32. The number of hydrogen-bond acceptors (Lipinski definition) is 4. The number of aromatic amines is 1. The van der Waals surface area contributed by atoms with Crippen molar-refractivity contribution in [1.29, 1.82) is 0 Å². The minimum absolute atomic E-state index is 0.394. The number of nitrogens with one attached hydrogen (secondary N) is 1. The number of imidazole rings is 1. The zero-order chi connectivity index (χ0) is 13.1. The Hall–Kier alpha value is -1.62. The molecule has 2 rings (SSSR count). The van der Waals surface area contributed by atoms with Crippen molar-refractivity contribution in [1.82, 2.24) is 15.0 Å². The van der Waals surface area contributed by atoms with E-state index in [0.717, 1.165) is 42.2 Å². The van der Waals surface area contributed by atoms with E-state index in [-0.39, 0.29) is 0 Å². The van der Waals surface area contributed by atoms with Crippen LogP contribution >= 0.6 is 0 Å². The van der Waals surface area contributed by atoms with Gasteiger partial charge in [-0.15, -0.1) is 0 Å². The zero-order valence-electron chi connectivity index (χ0n) is 11.3. The van der Waals surface area contributed by atoms with Crippen molar-refractivity contribution in [2.75, 3.05) is 25.5 Å². The molecule has 0 aliphatic carbocycles. The van der Waals surface area contributed by atoms with Crippen LogP contribution in [0.25, 0.3) is 11.2 Å². The number of H-pyrrole nitrogens is 1. The Kier molecular flexibility index (Phi) is 3.81. The van der Waals surface area contributed by atoms with Gasteiger partial charge in [0.1, 0.15) is 11.6 Å². The smallest absolute Gasteiger partial charge is 0.179 e. The number of nitrogens with two attached hydrogens (primary N) is 1. The van der Waals surface area contributed by atoms with Gasteiger partial charge in [-0.2, -0.15) is 0 Å². The van der Waals surface area contributed by atoms with Crippen LogP contribution in [0.2, 0.25) is 0 Å². The largest absolute Gasteiger partial charge is 0.363 e. The lowest BCUT2D eigenvalue weighted by Crippen LogP contribution is -2.10. The van der Waals surface area contributed by atoms with Crippen molar-refractivity contribution in [3.63, 3.8) is 0 Å². The molecule has 5 heteroatoms. The molecule has 1 unspecified atom stereocenters. The van der Waals surface area contributed by atoms with Crippen molar-refractivity contribution in [3.05, 3.63) is 18.0 Å². The molecule has 0 saturated heterocycles. The fourth-order valence-electron chi connectivity index (χ4n) is 1.94. The lowest BCUT2D eigenvalue weighted by molar-refractivity contribution is 0.616. The fraction of sp³-hybridized carbons (Fsp3) is 0.538. The Morgan fingerprint density at radius 2 is 2.11 bits per heavy atom. The fourth-order valence-corrected chi connectivity index (χ4v) is 1.94. The van der Waals surface area contributed by atoms with Crippen LogP contribution in [0.3, 0.4) is 0 Å². The van der Waals surface area contributed by atoms with Gasteiger partial charge >= 0.3 is 0 Å². The second-order valence-corrected chi connectivity index (χ2v) is 4.89. The van der Waals surface area contributed by atoms with Gasteiger partial charge in [0.25, 0.3) is 0 Å². The van der Waals surface area contributed by atoms with E-state index in [1.165, 1.54) is 0 Å². The molecular weight excluding hydrogens is 226 g/mol. The molecule has 2 aromatic rings. The first-order valence-electron chi connectivity index (χ1n) is 6.36. The van der Waals surface area contributed by atoms with E-state index in [0.29, 0.717) is 5.92 Å². The summed E-state index contributed by atoms with van der Waals surface area (Å²) in [5, 5.41) is 0. The van der Waals surface area contributed by atoms with Crippen molar-refractivity contribution in [2.24, 2.45) is 5.73 Å². The lowest BCUT2D eigenvalue weighted by atomic mass is 10.1. The number of anilines is 1. The molecular formula is C13H21N5. The third-order valence-electron chi connectivity index (χ3n) is 3.12. The second kappa shape index (κ2) is 5.35. The van der Waals surface area contributed by atoms with E-state index < -0.39 is 0 Å². The molecule has 2 aromatic heterocycles. The van der Waals surface area contributed by atoms with Crippen LogP contribution < -0.4 is 10.6 Å². The molecule has 0 fully saturated rings. The number of fused-ring (bicyclic) bond motifs is 1. The first-order valence-corrected chi connectivity index (χ1v) is 6.36. The average Bonchev–Trinajstić information content (AvgIpc) is 2.78. The first kappa shape index (κ1) is 12.8. The van der Waals surface area contributed by atoms with Gasteiger partial charge in [0.2, 0.25) is 0 Å². The summed E-state index contributed by atoms with van der Waals surface area (Å²) in [6.45, 7) is 2.90. The number of nitrogens with zero attached hydrogens (tertiary/aromatic N) is 3. The molecule has 18 heavy (non-hydrogen) atoms. The van der Waals surface area contributed by atoms with Crippen molar-refractivity contribution >= 4 is 17.0 Å². The highest BCUT2D eigenvalue weighted by atomic mass is 15.1. The quantitative estimate of drug-likeness (QED) is 0.846. The number of aromatic nitrogens is 3. The van der Waals surface area contributed by atoms with E-state index in [4.69, 9.17) is 5.73 Å². The summed E-state index contributed by atoms with van der Waals surface area (Å²) in [6, 6.07) is 4.03. The Morgan fingerprint density at radius 3 is 2.78 bits per heavy atom. The van der Waals surface area contributed by atoms with E-state index >= 15 is 0 Å². The van der Waals surface area contributed by atoms with Gasteiger partial charge in [0, 0.05) is 20.0 Å². The zero-order valence-corrected chi connectivity index (χ0v) is 11.3. The maximum Gasteiger partial charge on any atom is 0.179 e. The molecule has 0 spiro atoms. The van der Waals surface area contributed by atoms with E-state index in [1.54, 1.807) is 0 Å². The van der Waals surface area contributed by atoms with Crippen LogP contribution in [0.15, 0.2) is 12.1 Å². The minimum Gasteiger partial charge on any atom is -0.363 e. The number of rotatable bonds is 5. The molecule has 0 aliphatic rings. The van der Waals surface area contributed by atoms with E-state index in [9.17, 15) is 0 Å². The maximum atomic E-state index is 5.53. The molecule has 3 N–H and O–H groups in total. The molecule has 0 saturated carbocycles. The number of pyridine rings is 1. The predicted octanol–water partition coefficient (Wildman–Crippen LogP) is 1.87. The third kappa shape index (κ3) is 2.61. The molecule has 5 nitrogen and oxygen atoms in total. The first-order chi connectivity index (χ1) is 8.61. The highest BCUT2D eigenvalue weighted by Crippen LogP contribution is 2.21. The summed E-state index contributed by atoms with van der Waals surface area (Å²) in [6.07, 6.45) is 2.07. The lowest BCUT2D eigenvalue weighted by Gasteiger charge is -2.09. The summed E-state index contributed by atoms with van der Waals surface area (Å²) >= 11 is 0. The van der Waals surface area contributed by atoms with Crippen LogP contribution in [0.1, 0.15) is 31.5 Å². The summed E-state index contributed by atoms with van der Waals surface area (Å²) < 4.78 is 0. The Labute approximate surface area is 107 Å². The molecule has 2 heterocycles. The van der Waals surface area contributed by atoms with Crippen molar-refractivity contribution in [2.45, 2.75) is 25.7 Å². The van der Waals surface area contributed by atoms with Crippen LogP contribution in [0, 0.1) is 0 Å². The molecule has 0 radical (unpaired) electrons. The van der Waals surface area contributed by atoms with Gasteiger partial charge in [-0.1, -0.05) is 6.92 Å². The molecule has 98 valence electrons. The Bertz CT molecular complexity index is 517. The highest BCUT2D eigenvalue weighted by Gasteiger charge is 2.11. The van der Waals surface area contributed by atoms with Crippen LogP contribution in [-0.2, 0) is 0 Å². The minimum atomic E-state index is 0.394.